The predicted octanol–water partition coefficient (Wildman–Crippen LogP) is 4.10. The number of amides is 1. The minimum absolute atomic E-state index is 0.215. The summed E-state index contributed by atoms with van der Waals surface area (Å²) in [5, 5.41) is 2.48. The van der Waals surface area contributed by atoms with Crippen LogP contribution in [0.15, 0.2) is 54.0 Å². The highest BCUT2D eigenvalue weighted by molar-refractivity contribution is 6.43. The fraction of sp³-hybridized carbons (Fsp3) is 0.200. The summed E-state index contributed by atoms with van der Waals surface area (Å²) in [6.45, 7) is 5.94. The molecule has 0 aliphatic carbocycles. The fourth-order valence-electron chi connectivity index (χ4n) is 3.43. The summed E-state index contributed by atoms with van der Waals surface area (Å²) in [6.07, 6.45) is 3.63. The molecule has 3 heterocycles. The molecule has 8 heteroatoms. The number of pyridine rings is 1. The number of hydrogen-bond donors (Lipinski definition) is 2. The largest absolute Gasteiger partial charge is 0.306 e. The Kier molecular flexibility index (Phi) is 4.79. The molecule has 1 amide bonds. The molecule has 0 saturated carbocycles. The Balaban J connectivity index is 1.64. The van der Waals surface area contributed by atoms with E-state index in [1.165, 1.54) is 0 Å². The van der Waals surface area contributed by atoms with Crippen molar-refractivity contribution in [1.82, 2.24) is 20.8 Å². The first kappa shape index (κ1) is 18.8. The molecule has 0 fully saturated rings. The zero-order chi connectivity index (χ0) is 20.0. The molecule has 1 atom stereocenters. The smallest absolute Gasteiger partial charge is 0.259 e. The van der Waals surface area contributed by atoms with E-state index >= 15 is 0 Å². The second kappa shape index (κ2) is 7.13. The Hall–Kier alpha value is -2.54. The number of hydrogen-bond acceptors (Lipinski definition) is 5. The van der Waals surface area contributed by atoms with Gasteiger partial charge in [0.25, 0.3) is 5.91 Å². The maximum absolute atomic E-state index is 13.0. The van der Waals surface area contributed by atoms with Crippen molar-refractivity contribution in [1.29, 1.82) is 0 Å². The number of halogens is 2. The number of rotatable bonds is 2. The van der Waals surface area contributed by atoms with Crippen LogP contribution in [0.1, 0.15) is 28.5 Å². The van der Waals surface area contributed by atoms with E-state index in [4.69, 9.17) is 23.2 Å². The molecular formula is C20H19Cl2N5O. The molecule has 0 spiro atoms. The van der Waals surface area contributed by atoms with Crippen molar-refractivity contribution in [2.75, 3.05) is 5.01 Å². The molecule has 0 saturated heterocycles. The van der Waals surface area contributed by atoms with E-state index in [2.05, 4.69) is 15.9 Å². The van der Waals surface area contributed by atoms with Crippen LogP contribution in [-0.2, 0) is 0 Å². The van der Waals surface area contributed by atoms with Crippen LogP contribution in [0, 0.1) is 13.8 Å². The summed E-state index contributed by atoms with van der Waals surface area (Å²) in [4.78, 5) is 19.3. The van der Waals surface area contributed by atoms with Gasteiger partial charge in [-0.05, 0) is 56.7 Å². The van der Waals surface area contributed by atoms with Crippen LogP contribution in [0.4, 0.5) is 5.82 Å². The fourth-order valence-corrected chi connectivity index (χ4v) is 3.81. The normalized spacial score (nSPS) is 18.4. The molecule has 2 aromatic rings. The van der Waals surface area contributed by atoms with Crippen molar-refractivity contribution < 1.29 is 4.79 Å². The number of hydrazine groups is 2. The van der Waals surface area contributed by atoms with Gasteiger partial charge < -0.3 is 10.3 Å². The van der Waals surface area contributed by atoms with E-state index in [9.17, 15) is 4.79 Å². The van der Waals surface area contributed by atoms with Crippen LogP contribution >= 0.6 is 23.2 Å². The molecule has 2 aliphatic rings. The highest BCUT2D eigenvalue weighted by atomic mass is 35.5. The van der Waals surface area contributed by atoms with Crippen molar-refractivity contribution in [3.63, 3.8) is 0 Å². The van der Waals surface area contributed by atoms with Crippen LogP contribution in [0.2, 0.25) is 10.0 Å². The number of carbonyl (C=O) groups excluding carboxylic acids is 1. The van der Waals surface area contributed by atoms with Crippen molar-refractivity contribution in [3.05, 3.63) is 80.9 Å². The number of anilines is 1. The lowest BCUT2D eigenvalue weighted by Crippen LogP contribution is -2.42. The van der Waals surface area contributed by atoms with E-state index in [0.717, 1.165) is 28.5 Å². The summed E-state index contributed by atoms with van der Waals surface area (Å²) in [5.41, 5.74) is 10.5. The van der Waals surface area contributed by atoms with E-state index < -0.39 is 0 Å². The van der Waals surface area contributed by atoms with Gasteiger partial charge in [0.1, 0.15) is 5.82 Å². The first-order chi connectivity index (χ1) is 13.4. The minimum Gasteiger partial charge on any atom is -0.306 e. The van der Waals surface area contributed by atoms with Crippen molar-refractivity contribution in [2.45, 2.75) is 26.8 Å². The van der Waals surface area contributed by atoms with Gasteiger partial charge in [0.15, 0.2) is 0 Å². The molecule has 6 nitrogen and oxygen atoms in total. The number of aromatic nitrogens is 1. The van der Waals surface area contributed by atoms with Crippen LogP contribution in [0.3, 0.4) is 0 Å². The Morgan fingerprint density at radius 3 is 2.75 bits per heavy atom. The zero-order valence-electron chi connectivity index (χ0n) is 15.6. The molecule has 2 aliphatic heterocycles. The van der Waals surface area contributed by atoms with E-state index in [1.54, 1.807) is 29.3 Å². The molecule has 4 rings (SSSR count). The van der Waals surface area contributed by atoms with Gasteiger partial charge in [-0.1, -0.05) is 29.3 Å². The number of allylic oxidation sites excluding steroid dienone is 1. The molecule has 28 heavy (non-hydrogen) atoms. The summed E-state index contributed by atoms with van der Waals surface area (Å²) < 4.78 is 0. The number of aryl methyl sites for hydroxylation is 2. The average Bonchev–Trinajstić information content (AvgIpc) is 3.08. The standard InChI is InChI=1S/C20H19Cl2N5O/c1-11-9-12(2)23-17(10-11)27-16-7-8-26(13(3)19(16)24-25-27)20(28)14-5-4-6-15(21)18(14)22/h4-10,13,24-25H,1-3H3. The summed E-state index contributed by atoms with van der Waals surface area (Å²) in [7, 11) is 0. The van der Waals surface area contributed by atoms with Gasteiger partial charge in [-0.15, -0.1) is 5.53 Å². The third-order valence-corrected chi connectivity index (χ3v) is 5.60. The molecule has 1 aromatic carbocycles. The third kappa shape index (κ3) is 3.13. The maximum atomic E-state index is 13.0. The Morgan fingerprint density at radius 1 is 1.21 bits per heavy atom. The van der Waals surface area contributed by atoms with Crippen molar-refractivity contribution in [2.24, 2.45) is 0 Å². The lowest BCUT2D eigenvalue weighted by molar-refractivity contribution is 0.0790. The van der Waals surface area contributed by atoms with Crippen molar-refractivity contribution >= 4 is 34.9 Å². The predicted molar refractivity (Wildman–Crippen MR) is 111 cm³/mol. The molecule has 0 bridgehead atoms. The highest BCUT2D eigenvalue weighted by Crippen LogP contribution is 2.32. The molecule has 0 radical (unpaired) electrons. The zero-order valence-corrected chi connectivity index (χ0v) is 17.1. The van der Waals surface area contributed by atoms with E-state index in [-0.39, 0.29) is 17.0 Å². The summed E-state index contributed by atoms with van der Waals surface area (Å²) in [6, 6.07) is 8.84. The summed E-state index contributed by atoms with van der Waals surface area (Å²) >= 11 is 12.3. The van der Waals surface area contributed by atoms with Crippen LogP contribution in [0.5, 0.6) is 0 Å². The molecule has 1 unspecified atom stereocenters. The SMILES string of the molecule is Cc1cc(C)nc(N2NNC3=C2C=CN(C(=O)c2cccc(Cl)c2Cl)C3C)c1. The van der Waals surface area contributed by atoms with Crippen LogP contribution in [0.25, 0.3) is 0 Å². The molecule has 144 valence electrons. The monoisotopic (exact) mass is 415 g/mol. The van der Waals surface area contributed by atoms with Crippen molar-refractivity contribution in [3.8, 4) is 0 Å². The van der Waals surface area contributed by atoms with E-state index in [1.807, 2.05) is 44.0 Å². The van der Waals surface area contributed by atoms with Gasteiger partial charge in [0.2, 0.25) is 0 Å². The third-order valence-electron chi connectivity index (χ3n) is 4.78. The lowest BCUT2D eigenvalue weighted by atomic mass is 10.1. The maximum Gasteiger partial charge on any atom is 0.259 e. The van der Waals surface area contributed by atoms with Gasteiger partial charge >= 0.3 is 0 Å². The quantitative estimate of drug-likeness (QED) is 0.772. The van der Waals surface area contributed by atoms with Crippen LogP contribution < -0.4 is 16.0 Å². The average molecular weight is 416 g/mol. The Morgan fingerprint density at radius 2 is 2.00 bits per heavy atom. The molecule has 1 aromatic heterocycles. The van der Waals surface area contributed by atoms with E-state index in [0.29, 0.717) is 10.6 Å². The minimum atomic E-state index is -0.231. The molecular weight excluding hydrogens is 397 g/mol. The Labute approximate surface area is 173 Å². The van der Waals surface area contributed by atoms with Crippen LogP contribution in [-0.4, -0.2) is 21.8 Å². The van der Waals surface area contributed by atoms with Gasteiger partial charge in [0, 0.05) is 11.9 Å². The van der Waals surface area contributed by atoms with Gasteiger partial charge in [-0.2, -0.15) is 0 Å². The lowest BCUT2D eigenvalue weighted by Gasteiger charge is -2.30. The first-order valence-electron chi connectivity index (χ1n) is 8.83. The number of carbonyl (C=O) groups is 1. The second-order valence-corrected chi connectivity index (χ2v) is 7.61. The van der Waals surface area contributed by atoms with Gasteiger partial charge in [0.05, 0.1) is 33.0 Å². The second-order valence-electron chi connectivity index (χ2n) is 6.82. The molecule has 2 N–H and O–H groups in total. The number of nitrogens with zero attached hydrogens (tertiary/aromatic N) is 3. The Bertz CT molecular complexity index is 1010. The van der Waals surface area contributed by atoms with Gasteiger partial charge in [-0.25, -0.2) is 9.99 Å². The topological polar surface area (TPSA) is 60.5 Å². The van der Waals surface area contributed by atoms with Gasteiger partial charge in [-0.3, -0.25) is 4.79 Å². The highest BCUT2D eigenvalue weighted by Gasteiger charge is 2.34. The number of benzene rings is 1. The first-order valence-corrected chi connectivity index (χ1v) is 9.58. The summed E-state index contributed by atoms with van der Waals surface area (Å²) in [5.74, 6) is 0.567. The number of nitrogens with one attached hydrogen (secondary N) is 2.